The van der Waals surface area contributed by atoms with Gasteiger partial charge in [-0.15, -0.1) is 0 Å². The molecule has 2 aromatic heterocycles. The summed E-state index contributed by atoms with van der Waals surface area (Å²) in [7, 11) is 0. The van der Waals surface area contributed by atoms with E-state index in [4.69, 9.17) is 5.73 Å². The molecule has 222 valence electrons. The van der Waals surface area contributed by atoms with Crippen LogP contribution in [0.15, 0.2) is 60.9 Å². The van der Waals surface area contributed by atoms with Crippen LogP contribution >= 0.6 is 12.6 Å². The maximum absolute atomic E-state index is 13.5. The third kappa shape index (κ3) is 7.12. The first-order valence-corrected chi connectivity index (χ1v) is 14.3. The highest BCUT2D eigenvalue weighted by Gasteiger charge is 2.32. The lowest BCUT2D eigenvalue weighted by atomic mass is 9.99. The van der Waals surface area contributed by atoms with Gasteiger partial charge in [-0.3, -0.25) is 14.4 Å². The molecular formula is C30H36N6O5S. The van der Waals surface area contributed by atoms with Gasteiger partial charge in [-0.25, -0.2) is 4.79 Å². The minimum absolute atomic E-state index is 0.0827. The molecule has 4 unspecified atom stereocenters. The Morgan fingerprint density at radius 3 is 1.83 bits per heavy atom. The number of carbonyl (C=O) groups excluding carboxylic acids is 3. The summed E-state index contributed by atoms with van der Waals surface area (Å²) in [6, 6.07) is 10.9. The van der Waals surface area contributed by atoms with Crippen LogP contribution in [0.2, 0.25) is 0 Å². The number of fused-ring (bicyclic) bond motifs is 2. The van der Waals surface area contributed by atoms with E-state index < -0.39 is 47.9 Å². The first-order valence-electron chi connectivity index (χ1n) is 13.7. The van der Waals surface area contributed by atoms with Crippen LogP contribution in [0.4, 0.5) is 0 Å². The van der Waals surface area contributed by atoms with E-state index in [1.807, 2.05) is 54.7 Å². The zero-order valence-corrected chi connectivity index (χ0v) is 24.3. The largest absolute Gasteiger partial charge is 0.480 e. The van der Waals surface area contributed by atoms with Crippen molar-refractivity contribution < 1.29 is 24.3 Å². The van der Waals surface area contributed by atoms with Gasteiger partial charge < -0.3 is 36.8 Å². The molecule has 4 aromatic rings. The highest BCUT2D eigenvalue weighted by molar-refractivity contribution is 7.80. The minimum Gasteiger partial charge on any atom is -0.480 e. The maximum Gasteiger partial charge on any atom is 0.327 e. The quantitative estimate of drug-likeness (QED) is 0.110. The summed E-state index contributed by atoms with van der Waals surface area (Å²) in [5, 5.41) is 19.2. The van der Waals surface area contributed by atoms with Crippen LogP contribution in [0.25, 0.3) is 21.8 Å². The number of H-pyrrole nitrogens is 2. The summed E-state index contributed by atoms with van der Waals surface area (Å²) in [6.07, 6.45) is 3.90. The van der Waals surface area contributed by atoms with Crippen molar-refractivity contribution in [3.8, 4) is 0 Å². The number of benzene rings is 2. The van der Waals surface area contributed by atoms with Crippen molar-refractivity contribution in [2.24, 2.45) is 11.7 Å². The van der Waals surface area contributed by atoms with Gasteiger partial charge >= 0.3 is 5.97 Å². The van der Waals surface area contributed by atoms with Crippen molar-refractivity contribution in [2.75, 3.05) is 5.75 Å². The highest BCUT2D eigenvalue weighted by atomic mass is 32.1. The van der Waals surface area contributed by atoms with E-state index >= 15 is 0 Å². The number of hydrogen-bond donors (Lipinski definition) is 8. The number of rotatable bonds is 13. The summed E-state index contributed by atoms with van der Waals surface area (Å²) >= 11 is 4.02. The van der Waals surface area contributed by atoms with E-state index in [1.165, 1.54) is 0 Å². The number of nitrogens with one attached hydrogen (secondary N) is 5. The van der Waals surface area contributed by atoms with Crippen molar-refractivity contribution in [1.82, 2.24) is 25.9 Å². The van der Waals surface area contributed by atoms with Gasteiger partial charge in [0.15, 0.2) is 0 Å². The summed E-state index contributed by atoms with van der Waals surface area (Å²) in [5.74, 6) is -3.49. The van der Waals surface area contributed by atoms with Crippen LogP contribution in [0.1, 0.15) is 25.0 Å². The van der Waals surface area contributed by atoms with Crippen molar-refractivity contribution >= 4 is 58.1 Å². The molecule has 42 heavy (non-hydrogen) atoms. The molecule has 8 N–H and O–H groups in total. The second kappa shape index (κ2) is 13.6. The van der Waals surface area contributed by atoms with Crippen LogP contribution in [-0.2, 0) is 32.0 Å². The monoisotopic (exact) mass is 592 g/mol. The van der Waals surface area contributed by atoms with Crippen LogP contribution in [0.3, 0.4) is 0 Å². The van der Waals surface area contributed by atoms with Crippen LogP contribution in [-0.4, -0.2) is 68.7 Å². The third-order valence-corrected chi connectivity index (χ3v) is 7.59. The lowest BCUT2D eigenvalue weighted by Crippen LogP contribution is -2.59. The first-order chi connectivity index (χ1) is 20.1. The molecule has 0 aliphatic heterocycles. The lowest BCUT2D eigenvalue weighted by molar-refractivity contribution is -0.141. The van der Waals surface area contributed by atoms with Crippen molar-refractivity contribution in [3.05, 3.63) is 72.1 Å². The maximum atomic E-state index is 13.5. The molecule has 2 aromatic carbocycles. The molecule has 2 heterocycles. The van der Waals surface area contributed by atoms with E-state index in [1.54, 1.807) is 20.0 Å². The zero-order chi connectivity index (χ0) is 30.4. The summed E-state index contributed by atoms with van der Waals surface area (Å²) in [6.45, 7) is 3.54. The second-order valence-corrected chi connectivity index (χ2v) is 11.0. The van der Waals surface area contributed by atoms with Gasteiger partial charge in [-0.05, 0) is 35.6 Å². The Balaban J connectivity index is 1.50. The number of nitrogens with two attached hydrogens (primary N) is 1. The standard InChI is InChI=1S/C30H36N6O5S/c1-16(2)26(36-27(37)21(31)11-17-13-32-22-9-5-3-7-19(17)22)29(39)34-24(28(38)35-25(15-42)30(40)41)12-18-14-33-23-10-6-4-8-20(18)23/h3-10,13-14,16,21,24-26,32-33,42H,11-12,15,31H2,1-2H3,(H,34,39)(H,35,38)(H,36,37)(H,40,41). The molecule has 0 spiro atoms. The van der Waals surface area contributed by atoms with Crippen molar-refractivity contribution in [1.29, 1.82) is 0 Å². The molecule has 4 atom stereocenters. The normalized spacial score (nSPS) is 14.3. The minimum atomic E-state index is -1.24. The van der Waals surface area contributed by atoms with Gasteiger partial charge in [0.2, 0.25) is 17.7 Å². The molecule has 0 saturated heterocycles. The van der Waals surface area contributed by atoms with E-state index in [2.05, 4.69) is 38.5 Å². The molecule has 0 aliphatic rings. The highest BCUT2D eigenvalue weighted by Crippen LogP contribution is 2.20. The molecular weight excluding hydrogens is 556 g/mol. The van der Waals surface area contributed by atoms with Crippen molar-refractivity contribution in [2.45, 2.75) is 50.9 Å². The average molecular weight is 593 g/mol. The number of carboxylic acids is 1. The molecule has 3 amide bonds. The number of amides is 3. The molecule has 11 nitrogen and oxygen atoms in total. The van der Waals surface area contributed by atoms with Crippen LogP contribution < -0.4 is 21.7 Å². The number of carbonyl (C=O) groups is 4. The Kier molecular flexibility index (Phi) is 9.92. The topological polar surface area (TPSA) is 182 Å². The lowest BCUT2D eigenvalue weighted by Gasteiger charge is -2.27. The average Bonchev–Trinajstić information content (AvgIpc) is 3.57. The van der Waals surface area contributed by atoms with Crippen LogP contribution in [0, 0.1) is 5.92 Å². The first kappa shape index (κ1) is 30.7. The predicted molar refractivity (Wildman–Crippen MR) is 164 cm³/mol. The Hall–Kier alpha value is -4.29. The Labute approximate surface area is 248 Å². The van der Waals surface area contributed by atoms with Gasteiger partial charge in [0, 0.05) is 46.4 Å². The molecule has 0 fully saturated rings. The van der Waals surface area contributed by atoms with Gasteiger partial charge in [-0.2, -0.15) is 12.6 Å². The predicted octanol–water partition coefficient (Wildman–Crippen LogP) is 1.89. The molecule has 12 heteroatoms. The van der Waals surface area contributed by atoms with E-state index in [0.29, 0.717) is 0 Å². The fourth-order valence-corrected chi connectivity index (χ4v) is 5.12. The molecule has 0 aliphatic carbocycles. The second-order valence-electron chi connectivity index (χ2n) is 10.6. The van der Waals surface area contributed by atoms with E-state index in [-0.39, 0.29) is 24.5 Å². The Morgan fingerprint density at radius 1 is 0.786 bits per heavy atom. The van der Waals surface area contributed by atoms with Gasteiger partial charge in [-0.1, -0.05) is 50.2 Å². The number of aliphatic carboxylic acids is 1. The van der Waals surface area contributed by atoms with Crippen LogP contribution in [0.5, 0.6) is 0 Å². The Morgan fingerprint density at radius 2 is 1.31 bits per heavy atom. The number of hydrogen-bond acceptors (Lipinski definition) is 6. The summed E-state index contributed by atoms with van der Waals surface area (Å²) in [4.78, 5) is 57.8. The smallest absolute Gasteiger partial charge is 0.327 e. The van der Waals surface area contributed by atoms with E-state index in [0.717, 1.165) is 32.9 Å². The number of thiol groups is 1. The SMILES string of the molecule is CC(C)C(NC(=O)C(N)Cc1c[nH]c2ccccc12)C(=O)NC(Cc1c[nH]c2ccccc12)C(=O)NC(CS)C(=O)O. The molecule has 0 radical (unpaired) electrons. The number of carboxylic acid groups (broad SMARTS) is 1. The zero-order valence-electron chi connectivity index (χ0n) is 23.4. The van der Waals surface area contributed by atoms with Crippen molar-refractivity contribution in [3.63, 3.8) is 0 Å². The fourth-order valence-electron chi connectivity index (χ4n) is 4.87. The van der Waals surface area contributed by atoms with E-state index in [9.17, 15) is 24.3 Å². The number of aromatic nitrogens is 2. The molecule has 4 rings (SSSR count). The summed E-state index contributed by atoms with van der Waals surface area (Å²) in [5.41, 5.74) is 9.68. The third-order valence-electron chi connectivity index (χ3n) is 7.23. The number of aromatic amines is 2. The summed E-state index contributed by atoms with van der Waals surface area (Å²) < 4.78 is 0. The number of para-hydroxylation sites is 2. The molecule has 0 saturated carbocycles. The molecule has 0 bridgehead atoms. The van der Waals surface area contributed by atoms with Gasteiger partial charge in [0.1, 0.15) is 18.1 Å². The fraction of sp³-hybridized carbons (Fsp3) is 0.333. The Bertz CT molecular complexity index is 1580. The van der Waals surface area contributed by atoms with Gasteiger partial charge in [0.25, 0.3) is 0 Å². The van der Waals surface area contributed by atoms with Gasteiger partial charge in [0.05, 0.1) is 6.04 Å².